The van der Waals surface area contributed by atoms with Crippen LogP contribution < -0.4 is 15.2 Å². The minimum Gasteiger partial charge on any atom is -0.493 e. The van der Waals surface area contributed by atoms with E-state index in [1.165, 1.54) is 40.4 Å². The third-order valence-corrected chi connectivity index (χ3v) is 3.53. The Hall–Kier alpha value is -3.23. The molecule has 1 heterocycles. The minimum atomic E-state index is -0.746. The highest BCUT2D eigenvalue weighted by Crippen LogP contribution is 2.27. The number of methoxy groups -OCH3 is 2. The van der Waals surface area contributed by atoms with Crippen LogP contribution in [0.15, 0.2) is 23.2 Å². The van der Waals surface area contributed by atoms with Gasteiger partial charge in [0.25, 0.3) is 11.7 Å². The normalized spacial score (nSPS) is 16.7. The van der Waals surface area contributed by atoms with Crippen LogP contribution in [0.2, 0.25) is 0 Å². The first-order valence-electron chi connectivity index (χ1n) is 6.85. The molecule has 0 aliphatic carbocycles. The molecule has 0 saturated carbocycles. The molecule has 2 rings (SSSR count). The summed E-state index contributed by atoms with van der Waals surface area (Å²) in [5, 5.41) is 0. The van der Waals surface area contributed by atoms with E-state index in [-0.39, 0.29) is 17.1 Å². The molecule has 4 amide bonds. The molecule has 0 unspecified atom stereocenters. The van der Waals surface area contributed by atoms with E-state index in [2.05, 4.69) is 4.99 Å². The summed E-state index contributed by atoms with van der Waals surface area (Å²) in [6, 6.07) is 3.86. The Morgan fingerprint density at radius 3 is 2.42 bits per heavy atom. The maximum Gasteiger partial charge on any atom is 0.445 e. The van der Waals surface area contributed by atoms with Crippen LogP contribution in [-0.4, -0.2) is 67.2 Å². The predicted octanol–water partition coefficient (Wildman–Crippen LogP) is -0.123. The van der Waals surface area contributed by atoms with Crippen LogP contribution in [-0.2, 0) is 4.79 Å². The summed E-state index contributed by atoms with van der Waals surface area (Å²) in [6.45, 7) is 0. The number of carbonyl (C=O) groups is 3. The van der Waals surface area contributed by atoms with E-state index in [4.69, 9.17) is 15.2 Å². The number of nitrogens with zero attached hydrogens (tertiary/aromatic N) is 3. The number of rotatable bonds is 3. The van der Waals surface area contributed by atoms with Crippen molar-refractivity contribution in [1.29, 1.82) is 0 Å². The monoisotopic (exact) mass is 333 g/mol. The first kappa shape index (κ1) is 17.1. The summed E-state index contributed by atoms with van der Waals surface area (Å²) in [5.74, 6) is -0.828. The molecule has 0 bridgehead atoms. The van der Waals surface area contributed by atoms with Gasteiger partial charge in [-0.15, -0.1) is 0 Å². The molecule has 1 aliphatic heterocycles. The number of imide groups is 1. The van der Waals surface area contributed by atoms with Crippen LogP contribution in [0.4, 0.5) is 4.79 Å². The summed E-state index contributed by atoms with van der Waals surface area (Å²) >= 11 is 0. The van der Waals surface area contributed by atoms with Crippen LogP contribution in [0.5, 0.6) is 11.5 Å². The standard InChI is InChI=1S/C15H16N4O5/c1-18-12(16)11(14(21)19(2)15(18)22)17-13(20)8-5-6-9(23-3)10(7-8)24-4/h5-7,16H,1-4H3/p+1. The molecule has 9 nitrogen and oxygen atoms in total. The number of amides is 4. The summed E-state index contributed by atoms with van der Waals surface area (Å²) in [4.78, 5) is 40.8. The number of urea groups is 1. The fourth-order valence-corrected chi connectivity index (χ4v) is 2.08. The molecule has 1 aliphatic rings. The van der Waals surface area contributed by atoms with Gasteiger partial charge in [-0.2, -0.15) is 14.5 Å². The van der Waals surface area contributed by atoms with Gasteiger partial charge in [-0.1, -0.05) is 0 Å². The molecule has 1 aromatic rings. The van der Waals surface area contributed by atoms with Gasteiger partial charge in [0.1, 0.15) is 0 Å². The maximum absolute atomic E-state index is 12.3. The second-order valence-electron chi connectivity index (χ2n) is 4.93. The highest BCUT2D eigenvalue weighted by Gasteiger charge is 2.39. The average Bonchev–Trinajstić information content (AvgIpc) is 2.61. The van der Waals surface area contributed by atoms with Crippen LogP contribution in [0.3, 0.4) is 0 Å². The van der Waals surface area contributed by atoms with Gasteiger partial charge in [0, 0.05) is 5.56 Å². The first-order chi connectivity index (χ1) is 11.3. The van der Waals surface area contributed by atoms with Gasteiger partial charge in [-0.3, -0.25) is 4.79 Å². The molecule has 0 saturated heterocycles. The highest BCUT2D eigenvalue weighted by atomic mass is 16.5. The number of hydrogen-bond donors (Lipinski definition) is 1. The van der Waals surface area contributed by atoms with Crippen LogP contribution in [0.25, 0.3) is 0 Å². The number of amidine groups is 1. The Balaban J connectivity index is 2.46. The summed E-state index contributed by atoms with van der Waals surface area (Å²) in [5.41, 5.74) is 5.63. The van der Waals surface area contributed by atoms with Crippen molar-refractivity contribution in [2.75, 3.05) is 28.3 Å². The Morgan fingerprint density at radius 1 is 1.21 bits per heavy atom. The smallest absolute Gasteiger partial charge is 0.445 e. The molecule has 1 aromatic carbocycles. The average molecular weight is 333 g/mol. The highest BCUT2D eigenvalue weighted by molar-refractivity contribution is 6.67. The van der Waals surface area contributed by atoms with E-state index in [9.17, 15) is 14.4 Å². The molecule has 0 fully saturated rings. The second kappa shape index (κ2) is 6.49. The quantitative estimate of drug-likeness (QED) is 0.771. The Kier molecular flexibility index (Phi) is 4.63. The van der Waals surface area contributed by atoms with Gasteiger partial charge >= 0.3 is 11.9 Å². The number of ether oxygens (including phenoxy) is 2. The SMILES string of the molecule is COc1ccc(C(=O)N=C2C(=O)N(C)C(=O)[N+](C)=C2N)cc1OC. The number of benzene rings is 1. The maximum atomic E-state index is 12.3. The van der Waals surface area contributed by atoms with E-state index in [0.717, 1.165) is 9.48 Å². The van der Waals surface area contributed by atoms with E-state index < -0.39 is 17.8 Å². The Bertz CT molecular complexity index is 797. The zero-order valence-electron chi connectivity index (χ0n) is 13.7. The lowest BCUT2D eigenvalue weighted by atomic mass is 10.2. The largest absolute Gasteiger partial charge is 0.493 e. The molecule has 0 radical (unpaired) electrons. The van der Waals surface area contributed by atoms with Crippen molar-refractivity contribution in [1.82, 2.24) is 4.90 Å². The fraction of sp³-hybridized carbons (Fsp3) is 0.267. The van der Waals surface area contributed by atoms with Crippen LogP contribution >= 0.6 is 0 Å². The van der Waals surface area contributed by atoms with Gasteiger partial charge in [-0.25, -0.2) is 9.59 Å². The van der Waals surface area contributed by atoms with Gasteiger partial charge in [0.2, 0.25) is 5.71 Å². The number of nitrogens with two attached hydrogens (primary N) is 1. The Labute approximate surface area is 138 Å². The van der Waals surface area contributed by atoms with Crippen molar-refractivity contribution in [3.05, 3.63) is 23.8 Å². The van der Waals surface area contributed by atoms with Crippen molar-refractivity contribution in [2.24, 2.45) is 10.7 Å². The summed E-state index contributed by atoms with van der Waals surface area (Å²) in [6.07, 6.45) is 0. The van der Waals surface area contributed by atoms with E-state index in [1.807, 2.05) is 0 Å². The molecule has 0 atom stereocenters. The van der Waals surface area contributed by atoms with Gasteiger partial charge < -0.3 is 15.2 Å². The molecular formula is C15H17N4O5+. The van der Waals surface area contributed by atoms with E-state index in [0.29, 0.717) is 11.5 Å². The predicted molar refractivity (Wildman–Crippen MR) is 84.9 cm³/mol. The molecule has 2 N–H and O–H groups in total. The third-order valence-electron chi connectivity index (χ3n) is 3.53. The first-order valence-corrected chi connectivity index (χ1v) is 6.85. The molecule has 0 aromatic heterocycles. The van der Waals surface area contributed by atoms with Gasteiger partial charge in [-0.05, 0) is 18.2 Å². The van der Waals surface area contributed by atoms with Crippen molar-refractivity contribution in [2.45, 2.75) is 0 Å². The van der Waals surface area contributed by atoms with Gasteiger partial charge in [0.15, 0.2) is 11.5 Å². The van der Waals surface area contributed by atoms with Crippen LogP contribution in [0, 0.1) is 0 Å². The van der Waals surface area contributed by atoms with E-state index >= 15 is 0 Å². The zero-order chi connectivity index (χ0) is 18.0. The van der Waals surface area contributed by atoms with Crippen molar-refractivity contribution >= 4 is 29.4 Å². The topological polar surface area (TPSA) is 114 Å². The minimum absolute atomic E-state index is 0.183. The second-order valence-corrected chi connectivity index (χ2v) is 4.93. The number of hydrogen-bond acceptors (Lipinski definition) is 6. The molecule has 9 heteroatoms. The van der Waals surface area contributed by atoms with Crippen molar-refractivity contribution in [3.8, 4) is 11.5 Å². The lowest BCUT2D eigenvalue weighted by Crippen LogP contribution is -2.55. The summed E-state index contributed by atoms with van der Waals surface area (Å²) < 4.78 is 11.3. The lowest BCUT2D eigenvalue weighted by Gasteiger charge is -2.17. The third kappa shape index (κ3) is 2.83. The lowest BCUT2D eigenvalue weighted by molar-refractivity contribution is -0.401. The molecule has 126 valence electrons. The van der Waals surface area contributed by atoms with Crippen molar-refractivity contribution in [3.63, 3.8) is 0 Å². The van der Waals surface area contributed by atoms with Gasteiger partial charge in [0.05, 0.1) is 28.3 Å². The molecule has 0 spiro atoms. The Morgan fingerprint density at radius 2 is 1.83 bits per heavy atom. The number of aliphatic imine (C=N–C) groups is 1. The zero-order valence-corrected chi connectivity index (χ0v) is 13.7. The molecular weight excluding hydrogens is 316 g/mol. The summed E-state index contributed by atoms with van der Waals surface area (Å²) in [7, 11) is 5.57. The fourth-order valence-electron chi connectivity index (χ4n) is 2.08. The number of carbonyl (C=O) groups excluding carboxylic acids is 3. The van der Waals surface area contributed by atoms with Crippen molar-refractivity contribution < 1.29 is 28.4 Å². The van der Waals surface area contributed by atoms with Crippen LogP contribution in [0.1, 0.15) is 10.4 Å². The van der Waals surface area contributed by atoms with E-state index in [1.54, 1.807) is 6.07 Å². The molecule has 24 heavy (non-hydrogen) atoms.